The van der Waals surface area contributed by atoms with Crippen LogP contribution in [0.2, 0.25) is 0 Å². The van der Waals surface area contributed by atoms with Crippen molar-refractivity contribution in [2.75, 3.05) is 5.73 Å². The molecule has 4 heteroatoms. The molecule has 1 aromatic carbocycles. The Morgan fingerprint density at radius 3 is 2.64 bits per heavy atom. The Morgan fingerprint density at radius 2 is 2.18 bits per heavy atom. The maximum absolute atomic E-state index is 10.6. The van der Waals surface area contributed by atoms with E-state index in [-0.39, 0.29) is 17.1 Å². The van der Waals surface area contributed by atoms with Gasteiger partial charge in [-0.15, -0.1) is 0 Å². The van der Waals surface area contributed by atoms with E-state index in [1.807, 2.05) is 0 Å². The monoisotopic (exact) mass is 152 g/mol. The van der Waals surface area contributed by atoms with E-state index in [1.54, 1.807) is 0 Å². The highest BCUT2D eigenvalue weighted by Crippen LogP contribution is 2.24. The lowest BCUT2D eigenvalue weighted by Gasteiger charge is -2.01. The molecular formula is C7H8N2O2. The first-order valence-corrected chi connectivity index (χ1v) is 2.97. The number of hydrogen-bond acceptors (Lipinski definition) is 3. The van der Waals surface area contributed by atoms with E-state index in [2.05, 4.69) is 6.72 Å². The fourth-order valence-electron chi connectivity index (χ4n) is 0.687. The van der Waals surface area contributed by atoms with Crippen molar-refractivity contribution in [2.45, 2.75) is 0 Å². The molecule has 3 N–H and O–H groups in total. The van der Waals surface area contributed by atoms with Crippen molar-refractivity contribution >= 4 is 18.1 Å². The van der Waals surface area contributed by atoms with Crippen LogP contribution in [-0.2, 0) is 0 Å². The van der Waals surface area contributed by atoms with E-state index in [0.29, 0.717) is 4.74 Å². The Hall–Kier alpha value is -1.71. The summed E-state index contributed by atoms with van der Waals surface area (Å²) in [6, 6.07) is 4.19. The Kier molecular flexibility index (Phi) is 1.68. The van der Waals surface area contributed by atoms with E-state index in [4.69, 9.17) is 10.8 Å². The minimum absolute atomic E-state index is 0.105. The van der Waals surface area contributed by atoms with Gasteiger partial charge in [0.1, 0.15) is 12.5 Å². The number of hydrogen-bond donors (Lipinski definition) is 2. The quantitative estimate of drug-likeness (QED) is 0.156. The van der Waals surface area contributed by atoms with Crippen LogP contribution in [0.3, 0.4) is 0 Å². The van der Waals surface area contributed by atoms with Gasteiger partial charge in [-0.3, -0.25) is 0 Å². The van der Waals surface area contributed by atoms with Crippen molar-refractivity contribution < 1.29 is 9.85 Å². The molecule has 1 aromatic rings. The molecule has 0 fully saturated rings. The van der Waals surface area contributed by atoms with Crippen LogP contribution < -0.4 is 5.73 Å². The number of benzene rings is 1. The van der Waals surface area contributed by atoms with Crippen molar-refractivity contribution in [3.05, 3.63) is 23.4 Å². The molecule has 0 aromatic heterocycles. The molecule has 0 aliphatic heterocycles. The number of phenols is 1. The molecule has 0 unspecified atom stereocenters. The van der Waals surface area contributed by atoms with Gasteiger partial charge in [0.15, 0.2) is 0 Å². The fraction of sp³-hybridized carbons (Fsp3) is 0. The lowest BCUT2D eigenvalue weighted by Crippen LogP contribution is -1.91. The van der Waals surface area contributed by atoms with Crippen LogP contribution >= 0.6 is 0 Å². The second-order valence-corrected chi connectivity index (χ2v) is 2.12. The van der Waals surface area contributed by atoms with Gasteiger partial charge in [-0.1, -0.05) is 0 Å². The van der Waals surface area contributed by atoms with Crippen molar-refractivity contribution in [2.24, 2.45) is 0 Å². The molecule has 1 rings (SSSR count). The Labute approximate surface area is 63.8 Å². The van der Waals surface area contributed by atoms with Crippen molar-refractivity contribution in [1.82, 2.24) is 0 Å². The van der Waals surface area contributed by atoms with E-state index in [0.717, 1.165) is 0 Å². The standard InChI is InChI=1S/C7H8N2O2/c1-9(11)5-2-3-6(8)7(10)4-5/h2-4,10H,1,8H2. The summed E-state index contributed by atoms with van der Waals surface area (Å²) in [4.78, 5) is 0. The van der Waals surface area contributed by atoms with Crippen LogP contribution in [0.25, 0.3) is 0 Å². The first kappa shape index (κ1) is 7.40. The summed E-state index contributed by atoms with van der Waals surface area (Å²) in [5.74, 6) is -0.105. The van der Waals surface area contributed by atoms with E-state index in [1.165, 1.54) is 18.2 Å². The molecule has 58 valence electrons. The molecule has 4 nitrogen and oxygen atoms in total. The number of rotatable bonds is 1. The average molecular weight is 152 g/mol. The Bertz CT molecular complexity index is 296. The molecule has 0 radical (unpaired) electrons. The summed E-state index contributed by atoms with van der Waals surface area (Å²) < 4.78 is 0.402. The summed E-state index contributed by atoms with van der Waals surface area (Å²) in [6.07, 6.45) is 0. The van der Waals surface area contributed by atoms with E-state index < -0.39 is 0 Å². The highest BCUT2D eigenvalue weighted by Gasteiger charge is 2.02. The highest BCUT2D eigenvalue weighted by molar-refractivity contribution is 5.56. The molecule has 0 atom stereocenters. The van der Waals surface area contributed by atoms with Gasteiger partial charge in [0.05, 0.1) is 11.8 Å². The molecule has 0 bridgehead atoms. The molecule has 0 aliphatic rings. The van der Waals surface area contributed by atoms with Gasteiger partial charge in [0, 0.05) is 6.07 Å². The summed E-state index contributed by atoms with van der Waals surface area (Å²) >= 11 is 0. The third-order valence-corrected chi connectivity index (χ3v) is 1.30. The maximum atomic E-state index is 10.6. The number of nitrogens with two attached hydrogens (primary N) is 1. The van der Waals surface area contributed by atoms with E-state index in [9.17, 15) is 5.21 Å². The smallest absolute Gasteiger partial charge is 0.219 e. The SMILES string of the molecule is C=[N+]([O-])c1ccc(N)c(O)c1. The minimum atomic E-state index is -0.105. The zero-order valence-corrected chi connectivity index (χ0v) is 5.82. The number of phenolic OH excluding ortho intramolecular Hbond substituents is 1. The predicted molar refractivity (Wildman–Crippen MR) is 42.9 cm³/mol. The first-order chi connectivity index (χ1) is 5.11. The zero-order valence-electron chi connectivity index (χ0n) is 5.82. The number of nitrogens with zero attached hydrogens (tertiary/aromatic N) is 1. The van der Waals surface area contributed by atoms with Gasteiger partial charge < -0.3 is 16.0 Å². The van der Waals surface area contributed by atoms with Gasteiger partial charge >= 0.3 is 0 Å². The summed E-state index contributed by atoms with van der Waals surface area (Å²) in [7, 11) is 0. The topological polar surface area (TPSA) is 72.3 Å². The first-order valence-electron chi connectivity index (χ1n) is 2.97. The molecule has 0 amide bonds. The van der Waals surface area contributed by atoms with Gasteiger partial charge in [-0.25, -0.2) is 0 Å². The minimum Gasteiger partial charge on any atom is -0.619 e. The molecular weight excluding hydrogens is 144 g/mol. The molecule has 11 heavy (non-hydrogen) atoms. The second-order valence-electron chi connectivity index (χ2n) is 2.12. The summed E-state index contributed by atoms with van der Waals surface area (Å²) in [5, 5.41) is 19.6. The van der Waals surface area contributed by atoms with Crippen LogP contribution in [0.1, 0.15) is 0 Å². The zero-order chi connectivity index (χ0) is 8.43. The predicted octanol–water partition coefficient (Wildman–Crippen LogP) is 0.817. The Morgan fingerprint density at radius 1 is 1.55 bits per heavy atom. The maximum Gasteiger partial charge on any atom is 0.219 e. The second kappa shape index (κ2) is 2.49. The van der Waals surface area contributed by atoms with Gasteiger partial charge in [-0.2, -0.15) is 4.74 Å². The average Bonchev–Trinajstić information content (AvgIpc) is 1.94. The summed E-state index contributed by atoms with van der Waals surface area (Å²) in [6.45, 7) is 3.11. The normalized spacial score (nSPS) is 9.45. The van der Waals surface area contributed by atoms with Crippen LogP contribution in [0.4, 0.5) is 11.4 Å². The van der Waals surface area contributed by atoms with Crippen molar-refractivity contribution in [3.8, 4) is 5.75 Å². The van der Waals surface area contributed by atoms with Crippen LogP contribution in [-0.4, -0.2) is 16.6 Å². The molecule has 0 aliphatic carbocycles. The lowest BCUT2D eigenvalue weighted by molar-refractivity contribution is -0.349. The number of anilines is 1. The van der Waals surface area contributed by atoms with Crippen LogP contribution in [0, 0.1) is 5.21 Å². The van der Waals surface area contributed by atoms with Crippen molar-refractivity contribution in [3.63, 3.8) is 0 Å². The Balaban J connectivity index is 3.15. The van der Waals surface area contributed by atoms with Gasteiger partial charge in [0.2, 0.25) is 5.69 Å². The number of nitrogen functional groups attached to an aromatic ring is 1. The van der Waals surface area contributed by atoms with Gasteiger partial charge in [0.25, 0.3) is 0 Å². The fourth-order valence-corrected chi connectivity index (χ4v) is 0.687. The largest absolute Gasteiger partial charge is 0.619 e. The molecule has 0 saturated heterocycles. The third-order valence-electron chi connectivity index (χ3n) is 1.30. The lowest BCUT2D eigenvalue weighted by atomic mass is 10.2. The van der Waals surface area contributed by atoms with E-state index >= 15 is 0 Å². The molecule has 0 saturated carbocycles. The molecule has 0 spiro atoms. The van der Waals surface area contributed by atoms with Crippen LogP contribution in [0.5, 0.6) is 5.75 Å². The van der Waals surface area contributed by atoms with Crippen molar-refractivity contribution in [1.29, 1.82) is 0 Å². The molecule has 0 heterocycles. The highest BCUT2D eigenvalue weighted by atomic mass is 16.5. The van der Waals surface area contributed by atoms with Crippen LogP contribution in [0.15, 0.2) is 18.2 Å². The third kappa shape index (κ3) is 1.40. The number of aromatic hydroxyl groups is 1. The van der Waals surface area contributed by atoms with Gasteiger partial charge in [-0.05, 0) is 6.07 Å². The summed E-state index contributed by atoms with van der Waals surface area (Å²) in [5.41, 5.74) is 5.82.